The van der Waals surface area contributed by atoms with Crippen LogP contribution in [0.15, 0.2) is 29.2 Å². The number of aliphatic hydroxyl groups is 1. The Bertz CT molecular complexity index is 625. The fourth-order valence-electron chi connectivity index (χ4n) is 2.24. The van der Waals surface area contributed by atoms with Crippen LogP contribution in [0.5, 0.6) is 0 Å². The van der Waals surface area contributed by atoms with Crippen LogP contribution in [0.3, 0.4) is 0 Å². The van der Waals surface area contributed by atoms with Gasteiger partial charge in [0.05, 0.1) is 11.0 Å². The first kappa shape index (κ1) is 16.0. The van der Waals surface area contributed by atoms with E-state index in [-0.39, 0.29) is 17.6 Å². The van der Waals surface area contributed by atoms with Crippen LogP contribution in [0.2, 0.25) is 0 Å². The summed E-state index contributed by atoms with van der Waals surface area (Å²) in [6, 6.07) is 6.50. The Kier molecular flexibility index (Phi) is 5.76. The van der Waals surface area contributed by atoms with Crippen molar-refractivity contribution in [3.63, 3.8) is 0 Å². The lowest BCUT2D eigenvalue weighted by molar-refractivity contribution is 0.105. The van der Waals surface area contributed by atoms with Crippen molar-refractivity contribution in [2.24, 2.45) is 0 Å². The highest BCUT2D eigenvalue weighted by molar-refractivity contribution is 7.89. The molecule has 1 unspecified atom stereocenters. The third kappa shape index (κ3) is 4.55. The molecule has 1 aromatic carbocycles. The van der Waals surface area contributed by atoms with Crippen molar-refractivity contribution in [3.05, 3.63) is 29.8 Å². The van der Waals surface area contributed by atoms with Crippen molar-refractivity contribution in [2.45, 2.75) is 30.3 Å². The highest BCUT2D eigenvalue weighted by Crippen LogP contribution is 2.16. The summed E-state index contributed by atoms with van der Waals surface area (Å²) in [7, 11) is -3.60. The van der Waals surface area contributed by atoms with Crippen LogP contribution in [0.25, 0.3) is 0 Å². The molecule has 0 radical (unpaired) electrons. The number of hydrogen-bond donors (Lipinski definition) is 2. The quantitative estimate of drug-likeness (QED) is 0.792. The van der Waals surface area contributed by atoms with Crippen LogP contribution in [0, 0.1) is 11.8 Å². The third-order valence-corrected chi connectivity index (χ3v) is 4.78. The molecule has 1 aliphatic heterocycles. The van der Waals surface area contributed by atoms with Gasteiger partial charge in [-0.05, 0) is 31.4 Å². The molecular weight excluding hydrogens is 290 g/mol. The van der Waals surface area contributed by atoms with Gasteiger partial charge in [-0.1, -0.05) is 24.0 Å². The summed E-state index contributed by atoms with van der Waals surface area (Å²) in [5, 5.41) is 8.73. The molecule has 0 amide bonds. The van der Waals surface area contributed by atoms with E-state index in [0.29, 0.717) is 18.5 Å². The van der Waals surface area contributed by atoms with Gasteiger partial charge in [0.15, 0.2) is 0 Å². The van der Waals surface area contributed by atoms with Crippen molar-refractivity contribution >= 4 is 10.0 Å². The Morgan fingerprint density at radius 3 is 2.90 bits per heavy atom. The third-order valence-electron chi connectivity index (χ3n) is 3.26. The van der Waals surface area contributed by atoms with E-state index in [4.69, 9.17) is 9.84 Å². The Labute approximate surface area is 125 Å². The summed E-state index contributed by atoms with van der Waals surface area (Å²) in [6.07, 6.45) is 2.85. The molecule has 5 nitrogen and oxygen atoms in total. The van der Waals surface area contributed by atoms with Crippen molar-refractivity contribution < 1.29 is 18.3 Å². The molecular formula is C15H19NO4S. The zero-order valence-electron chi connectivity index (χ0n) is 11.7. The Morgan fingerprint density at radius 2 is 2.19 bits per heavy atom. The van der Waals surface area contributed by atoms with Crippen molar-refractivity contribution in [1.82, 2.24) is 4.72 Å². The van der Waals surface area contributed by atoms with Gasteiger partial charge in [-0.25, -0.2) is 13.1 Å². The summed E-state index contributed by atoms with van der Waals surface area (Å²) in [5.74, 6) is 5.13. The van der Waals surface area contributed by atoms with E-state index >= 15 is 0 Å². The fraction of sp³-hybridized carbons (Fsp3) is 0.467. The van der Waals surface area contributed by atoms with Crippen LogP contribution in [-0.2, 0) is 14.8 Å². The summed E-state index contributed by atoms with van der Waals surface area (Å²) in [4.78, 5) is 0.137. The van der Waals surface area contributed by atoms with Crippen LogP contribution in [0.1, 0.15) is 24.8 Å². The molecule has 6 heteroatoms. The van der Waals surface area contributed by atoms with Crippen molar-refractivity contribution in [1.29, 1.82) is 0 Å². The lowest BCUT2D eigenvalue weighted by Gasteiger charge is -2.11. The van der Waals surface area contributed by atoms with Gasteiger partial charge < -0.3 is 9.84 Å². The number of aliphatic hydroxyl groups excluding tert-OH is 1. The molecule has 0 spiro atoms. The van der Waals surface area contributed by atoms with E-state index < -0.39 is 10.0 Å². The zero-order chi connectivity index (χ0) is 15.1. The average molecular weight is 309 g/mol. The van der Waals surface area contributed by atoms with Gasteiger partial charge in [0.2, 0.25) is 10.0 Å². The lowest BCUT2D eigenvalue weighted by Crippen LogP contribution is -2.27. The maximum Gasteiger partial charge on any atom is 0.241 e. The topological polar surface area (TPSA) is 75.6 Å². The molecule has 1 atom stereocenters. The summed E-state index contributed by atoms with van der Waals surface area (Å²) < 4.78 is 32.7. The van der Waals surface area contributed by atoms with Gasteiger partial charge in [-0.2, -0.15) is 0 Å². The van der Waals surface area contributed by atoms with Gasteiger partial charge in [-0.3, -0.25) is 0 Å². The maximum absolute atomic E-state index is 12.3. The number of hydrogen-bond acceptors (Lipinski definition) is 4. The Balaban J connectivity index is 2.04. The molecule has 1 fully saturated rings. The van der Waals surface area contributed by atoms with Gasteiger partial charge in [-0.15, -0.1) is 0 Å². The second-order valence-corrected chi connectivity index (χ2v) is 6.51. The molecule has 1 heterocycles. The summed E-state index contributed by atoms with van der Waals surface area (Å²) >= 11 is 0. The number of benzene rings is 1. The predicted octanol–water partition coefficient (Wildman–Crippen LogP) is 0.878. The first-order chi connectivity index (χ1) is 10.1. The standard InChI is InChI=1S/C15H19NO4S/c17-11-3-6-13-5-1-2-8-15(13)21(18,19)16-10-9-14-7-4-12-20-14/h1-2,5,8,14,16-17H,4,7,9-12H2. The van der Waals surface area contributed by atoms with Gasteiger partial charge >= 0.3 is 0 Å². The second kappa shape index (κ2) is 7.57. The first-order valence-electron chi connectivity index (χ1n) is 6.93. The normalized spacial score (nSPS) is 18.2. The minimum Gasteiger partial charge on any atom is -0.384 e. The SMILES string of the molecule is O=S(=O)(NCCC1CCCO1)c1ccccc1C#CCO. The molecule has 21 heavy (non-hydrogen) atoms. The van der Waals surface area contributed by atoms with Gasteiger partial charge in [0, 0.05) is 18.7 Å². The molecule has 1 saturated heterocycles. The van der Waals surface area contributed by atoms with E-state index in [1.54, 1.807) is 18.2 Å². The number of rotatable bonds is 5. The monoisotopic (exact) mass is 309 g/mol. The minimum absolute atomic E-state index is 0.137. The molecule has 0 bridgehead atoms. The van der Waals surface area contributed by atoms with Crippen molar-refractivity contribution in [2.75, 3.05) is 19.8 Å². The van der Waals surface area contributed by atoms with E-state index in [2.05, 4.69) is 16.6 Å². The molecule has 1 aromatic rings. The van der Waals surface area contributed by atoms with E-state index in [9.17, 15) is 8.42 Å². The van der Waals surface area contributed by atoms with E-state index in [1.165, 1.54) is 6.07 Å². The Morgan fingerprint density at radius 1 is 1.38 bits per heavy atom. The molecule has 0 aliphatic carbocycles. The average Bonchev–Trinajstić information content (AvgIpc) is 2.98. The number of nitrogens with one attached hydrogen (secondary N) is 1. The molecule has 1 aliphatic rings. The highest BCUT2D eigenvalue weighted by atomic mass is 32.2. The van der Waals surface area contributed by atoms with Crippen LogP contribution in [-0.4, -0.2) is 39.4 Å². The second-order valence-electron chi connectivity index (χ2n) is 4.78. The predicted molar refractivity (Wildman–Crippen MR) is 79.2 cm³/mol. The number of ether oxygens (including phenoxy) is 1. The maximum atomic E-state index is 12.3. The minimum atomic E-state index is -3.60. The largest absolute Gasteiger partial charge is 0.384 e. The summed E-state index contributed by atoms with van der Waals surface area (Å²) in [5.41, 5.74) is 0.385. The van der Waals surface area contributed by atoms with E-state index in [1.807, 2.05) is 0 Å². The first-order valence-corrected chi connectivity index (χ1v) is 8.42. The van der Waals surface area contributed by atoms with Crippen LogP contribution < -0.4 is 4.72 Å². The molecule has 0 saturated carbocycles. The van der Waals surface area contributed by atoms with Crippen molar-refractivity contribution in [3.8, 4) is 11.8 Å². The molecule has 0 aromatic heterocycles. The van der Waals surface area contributed by atoms with E-state index in [0.717, 1.165) is 19.4 Å². The fourth-order valence-corrected chi connectivity index (χ4v) is 3.45. The Hall–Kier alpha value is -1.39. The molecule has 2 rings (SSSR count). The van der Waals surface area contributed by atoms with Crippen LogP contribution >= 0.6 is 0 Å². The van der Waals surface area contributed by atoms with Gasteiger partial charge in [0.1, 0.15) is 6.61 Å². The lowest BCUT2D eigenvalue weighted by atomic mass is 10.2. The van der Waals surface area contributed by atoms with Crippen LogP contribution in [0.4, 0.5) is 0 Å². The molecule has 114 valence electrons. The smallest absolute Gasteiger partial charge is 0.241 e. The number of sulfonamides is 1. The highest BCUT2D eigenvalue weighted by Gasteiger charge is 2.19. The summed E-state index contributed by atoms with van der Waals surface area (Å²) in [6.45, 7) is 0.798. The van der Waals surface area contributed by atoms with Gasteiger partial charge in [0.25, 0.3) is 0 Å². The zero-order valence-corrected chi connectivity index (χ0v) is 12.5. The molecule has 2 N–H and O–H groups in total.